The van der Waals surface area contributed by atoms with E-state index in [2.05, 4.69) is 10.2 Å². The average Bonchev–Trinajstić information content (AvgIpc) is 2.32. The Bertz CT molecular complexity index is 407. The number of nitrogens with one attached hydrogen (secondary N) is 1. The molecule has 19 heavy (non-hydrogen) atoms. The summed E-state index contributed by atoms with van der Waals surface area (Å²) in [5, 5.41) is 0. The highest BCUT2D eigenvalue weighted by molar-refractivity contribution is 5.32. The van der Waals surface area contributed by atoms with E-state index in [1.807, 2.05) is 32.0 Å². The first-order chi connectivity index (χ1) is 8.83. The lowest BCUT2D eigenvalue weighted by Crippen LogP contribution is -2.30. The zero-order chi connectivity index (χ0) is 14.5. The minimum atomic E-state index is -4.29. The molecule has 0 radical (unpaired) electrons. The van der Waals surface area contributed by atoms with Gasteiger partial charge in [-0.15, -0.1) is 0 Å². The van der Waals surface area contributed by atoms with E-state index in [1.54, 1.807) is 0 Å². The van der Waals surface area contributed by atoms with Crippen molar-refractivity contribution in [1.29, 1.82) is 0 Å². The van der Waals surface area contributed by atoms with Gasteiger partial charge in [-0.3, -0.25) is 11.3 Å². The van der Waals surface area contributed by atoms with Crippen LogP contribution in [0.2, 0.25) is 0 Å². The van der Waals surface area contributed by atoms with E-state index in [0.29, 0.717) is 6.42 Å². The van der Waals surface area contributed by atoms with Crippen molar-refractivity contribution < 1.29 is 17.9 Å². The fourth-order valence-corrected chi connectivity index (χ4v) is 1.85. The summed E-state index contributed by atoms with van der Waals surface area (Å²) < 4.78 is 40.4. The monoisotopic (exact) mass is 276 g/mol. The Morgan fingerprint density at radius 3 is 2.58 bits per heavy atom. The second kappa shape index (κ2) is 6.88. The fraction of sp³-hybridized carbons (Fsp3) is 0.538. The molecule has 6 heteroatoms. The molecular formula is C13H19F3N2O. The highest BCUT2D eigenvalue weighted by Crippen LogP contribution is 2.22. The number of hydrogen-bond acceptors (Lipinski definition) is 3. The van der Waals surface area contributed by atoms with Gasteiger partial charge in [0.05, 0.1) is 0 Å². The largest absolute Gasteiger partial charge is 0.411 e. The number of benzene rings is 1. The van der Waals surface area contributed by atoms with Crippen LogP contribution >= 0.6 is 0 Å². The maximum absolute atomic E-state index is 11.9. The van der Waals surface area contributed by atoms with E-state index >= 15 is 0 Å². The molecule has 3 N–H and O–H groups in total. The molecule has 0 aliphatic carbocycles. The molecule has 0 amide bonds. The topological polar surface area (TPSA) is 47.3 Å². The summed E-state index contributed by atoms with van der Waals surface area (Å²) in [4.78, 5) is 0. The lowest BCUT2D eigenvalue weighted by molar-refractivity contribution is -0.174. The van der Waals surface area contributed by atoms with Crippen molar-refractivity contribution in [2.24, 2.45) is 5.84 Å². The second-order valence-corrected chi connectivity index (χ2v) is 4.54. The molecule has 0 spiro atoms. The molecule has 108 valence electrons. The standard InChI is InChI=1S/C13H19F3N2O/c1-9-3-4-10(2)11(7-9)12(18-17)5-6-19-8-13(14,15)16/h3-4,7,12,18H,5-6,8,17H2,1-2H3. The second-order valence-electron chi connectivity index (χ2n) is 4.54. The SMILES string of the molecule is Cc1ccc(C)c(C(CCOCC(F)(F)F)NN)c1. The minimum absolute atomic E-state index is 0.00174. The van der Waals surface area contributed by atoms with E-state index in [0.717, 1.165) is 16.7 Å². The molecule has 0 saturated carbocycles. The molecule has 1 aromatic carbocycles. The Hall–Kier alpha value is -1.11. The summed E-state index contributed by atoms with van der Waals surface area (Å²) in [6, 6.07) is 5.70. The predicted molar refractivity (Wildman–Crippen MR) is 67.5 cm³/mol. The quantitative estimate of drug-likeness (QED) is 0.477. The molecule has 1 atom stereocenters. The Kier molecular flexibility index (Phi) is 5.78. The molecule has 0 aliphatic rings. The summed E-state index contributed by atoms with van der Waals surface area (Å²) in [6.45, 7) is 2.67. The molecule has 1 aromatic rings. The maximum Gasteiger partial charge on any atom is 0.411 e. The number of nitrogens with two attached hydrogens (primary N) is 1. The van der Waals surface area contributed by atoms with E-state index in [1.165, 1.54) is 0 Å². The van der Waals surface area contributed by atoms with Crippen LogP contribution in [-0.4, -0.2) is 19.4 Å². The molecule has 1 unspecified atom stereocenters. The Balaban J connectivity index is 2.56. The van der Waals surface area contributed by atoms with E-state index in [4.69, 9.17) is 5.84 Å². The maximum atomic E-state index is 11.9. The van der Waals surface area contributed by atoms with Crippen molar-refractivity contribution in [2.75, 3.05) is 13.2 Å². The van der Waals surface area contributed by atoms with Gasteiger partial charge in [0.15, 0.2) is 0 Å². The third-order valence-electron chi connectivity index (χ3n) is 2.83. The van der Waals surface area contributed by atoms with Gasteiger partial charge in [0.2, 0.25) is 0 Å². The summed E-state index contributed by atoms with van der Waals surface area (Å²) in [7, 11) is 0. The highest BCUT2D eigenvalue weighted by atomic mass is 19.4. The average molecular weight is 276 g/mol. The number of aryl methyl sites for hydroxylation is 2. The van der Waals surface area contributed by atoms with Crippen LogP contribution in [0.1, 0.15) is 29.2 Å². The lowest BCUT2D eigenvalue weighted by Gasteiger charge is -2.19. The highest BCUT2D eigenvalue weighted by Gasteiger charge is 2.27. The number of hydrazine groups is 1. The van der Waals surface area contributed by atoms with Crippen molar-refractivity contribution in [3.05, 3.63) is 34.9 Å². The van der Waals surface area contributed by atoms with Gasteiger partial charge in [0.1, 0.15) is 6.61 Å². The van der Waals surface area contributed by atoms with Crippen molar-refractivity contribution in [3.63, 3.8) is 0 Å². The van der Waals surface area contributed by atoms with Crippen LogP contribution < -0.4 is 11.3 Å². The molecule has 3 nitrogen and oxygen atoms in total. The first-order valence-corrected chi connectivity index (χ1v) is 6.01. The van der Waals surface area contributed by atoms with Crippen molar-refractivity contribution in [3.8, 4) is 0 Å². The van der Waals surface area contributed by atoms with Crippen LogP contribution in [0.25, 0.3) is 0 Å². The molecule has 0 fully saturated rings. The molecule has 1 rings (SSSR count). The smallest absolute Gasteiger partial charge is 0.372 e. The molecule has 0 heterocycles. The number of alkyl halides is 3. The molecule has 0 bridgehead atoms. The zero-order valence-electron chi connectivity index (χ0n) is 11.1. The third kappa shape index (κ3) is 5.59. The van der Waals surface area contributed by atoms with E-state index in [9.17, 15) is 13.2 Å². The Labute approximate surface area is 110 Å². The Morgan fingerprint density at radius 1 is 1.32 bits per heavy atom. The Morgan fingerprint density at radius 2 is 2.00 bits per heavy atom. The normalized spacial score (nSPS) is 13.6. The number of rotatable bonds is 6. The summed E-state index contributed by atoms with van der Waals surface area (Å²) in [5.74, 6) is 5.46. The van der Waals surface area contributed by atoms with Gasteiger partial charge in [-0.25, -0.2) is 0 Å². The first kappa shape index (κ1) is 15.9. The van der Waals surface area contributed by atoms with Crippen molar-refractivity contribution in [2.45, 2.75) is 32.5 Å². The molecule has 0 aromatic heterocycles. The van der Waals surface area contributed by atoms with Gasteiger partial charge in [-0.1, -0.05) is 23.8 Å². The minimum Gasteiger partial charge on any atom is -0.372 e. The summed E-state index contributed by atoms with van der Waals surface area (Å²) in [5.41, 5.74) is 5.73. The van der Waals surface area contributed by atoms with Gasteiger partial charge < -0.3 is 4.74 Å². The fourth-order valence-electron chi connectivity index (χ4n) is 1.85. The van der Waals surface area contributed by atoms with Crippen molar-refractivity contribution >= 4 is 0 Å². The van der Waals surface area contributed by atoms with Gasteiger partial charge >= 0.3 is 6.18 Å². The first-order valence-electron chi connectivity index (χ1n) is 6.01. The summed E-state index contributed by atoms with van der Waals surface area (Å²) in [6.07, 6.45) is -3.90. The molecule has 0 aliphatic heterocycles. The van der Waals surface area contributed by atoms with Gasteiger partial charge in [0, 0.05) is 12.6 Å². The third-order valence-corrected chi connectivity index (χ3v) is 2.83. The van der Waals surface area contributed by atoms with Gasteiger partial charge in [-0.05, 0) is 31.4 Å². The number of halogens is 3. The lowest BCUT2D eigenvalue weighted by atomic mass is 9.97. The molecular weight excluding hydrogens is 257 g/mol. The van der Waals surface area contributed by atoms with Crippen LogP contribution in [0, 0.1) is 13.8 Å². The van der Waals surface area contributed by atoms with Crippen LogP contribution in [0.4, 0.5) is 13.2 Å². The van der Waals surface area contributed by atoms with Crippen LogP contribution in [0.15, 0.2) is 18.2 Å². The number of ether oxygens (including phenoxy) is 1. The van der Waals surface area contributed by atoms with Crippen LogP contribution in [-0.2, 0) is 4.74 Å². The summed E-state index contributed by atoms with van der Waals surface area (Å²) >= 11 is 0. The van der Waals surface area contributed by atoms with Crippen molar-refractivity contribution in [1.82, 2.24) is 5.43 Å². The van der Waals surface area contributed by atoms with Gasteiger partial charge in [0.25, 0.3) is 0 Å². The van der Waals surface area contributed by atoms with Gasteiger partial charge in [-0.2, -0.15) is 13.2 Å². The van der Waals surface area contributed by atoms with Crippen LogP contribution in [0.3, 0.4) is 0 Å². The van der Waals surface area contributed by atoms with Crippen LogP contribution in [0.5, 0.6) is 0 Å². The zero-order valence-corrected chi connectivity index (χ0v) is 11.1. The number of hydrogen-bond donors (Lipinski definition) is 2. The van der Waals surface area contributed by atoms with E-state index < -0.39 is 12.8 Å². The molecule has 0 saturated heterocycles. The predicted octanol–water partition coefficient (Wildman–Crippen LogP) is 2.78. The van der Waals surface area contributed by atoms with E-state index in [-0.39, 0.29) is 12.6 Å².